The number of likely N-dealkylation sites (N-methyl/N-ethyl adjacent to an activating group) is 1. The molecule has 31 heavy (non-hydrogen) atoms. The van der Waals surface area contributed by atoms with Crippen molar-refractivity contribution < 1.29 is 19.0 Å². The van der Waals surface area contributed by atoms with Gasteiger partial charge in [0.15, 0.2) is 16.7 Å². The van der Waals surface area contributed by atoms with Gasteiger partial charge in [-0.3, -0.25) is 9.69 Å². The van der Waals surface area contributed by atoms with Crippen LogP contribution in [0.5, 0.6) is 17.2 Å². The Balaban J connectivity index is 1.92. The van der Waals surface area contributed by atoms with Crippen LogP contribution in [0.15, 0.2) is 50.8 Å². The normalized spacial score (nSPS) is 16.3. The number of hydrogen-bond donors (Lipinski definition) is 0. The monoisotopic (exact) mass is 504 g/mol. The minimum atomic E-state index is -0.0714. The molecule has 1 aliphatic heterocycles. The Kier molecular flexibility index (Phi) is 8.03. The Hall–Kier alpha value is -2.45. The molecule has 0 N–H and O–H groups in total. The third kappa shape index (κ3) is 5.43. The van der Waals surface area contributed by atoms with E-state index >= 15 is 0 Å². The first-order valence-corrected chi connectivity index (χ1v) is 11.6. The Morgan fingerprint density at radius 1 is 1.06 bits per heavy atom. The molecule has 8 heteroatoms. The highest BCUT2D eigenvalue weighted by Crippen LogP contribution is 2.38. The molecule has 0 aliphatic carbocycles. The number of rotatable bonds is 8. The van der Waals surface area contributed by atoms with Gasteiger partial charge in [0.25, 0.3) is 5.91 Å². The molecule has 0 unspecified atom stereocenters. The van der Waals surface area contributed by atoms with Gasteiger partial charge in [0.05, 0.1) is 30.9 Å². The van der Waals surface area contributed by atoms with Crippen molar-refractivity contribution in [3.63, 3.8) is 0 Å². The second-order valence-electron chi connectivity index (χ2n) is 6.44. The summed E-state index contributed by atoms with van der Waals surface area (Å²) >= 11 is 4.92. The average Bonchev–Trinajstić information content (AvgIpc) is 3.05. The molecule has 2 aromatic rings. The second-order valence-corrected chi connectivity index (χ2v) is 8.30. The number of carbonyl (C=O) groups is 1. The topological polar surface area (TPSA) is 60.4 Å². The van der Waals surface area contributed by atoms with E-state index in [-0.39, 0.29) is 5.91 Å². The molecule has 0 aromatic heterocycles. The van der Waals surface area contributed by atoms with E-state index in [1.54, 1.807) is 12.0 Å². The molecule has 2 aromatic carbocycles. The third-order valence-electron chi connectivity index (χ3n) is 4.45. The van der Waals surface area contributed by atoms with Gasteiger partial charge in [0.1, 0.15) is 5.75 Å². The molecule has 0 spiro atoms. The van der Waals surface area contributed by atoms with Crippen molar-refractivity contribution >= 4 is 50.5 Å². The molecular formula is C23H25BrN2O4S. The van der Waals surface area contributed by atoms with E-state index in [1.807, 2.05) is 63.2 Å². The zero-order chi connectivity index (χ0) is 22.4. The summed E-state index contributed by atoms with van der Waals surface area (Å²) in [4.78, 5) is 19.9. The molecule has 0 radical (unpaired) electrons. The lowest BCUT2D eigenvalue weighted by molar-refractivity contribution is -0.122. The maximum absolute atomic E-state index is 13.0. The van der Waals surface area contributed by atoms with Crippen molar-refractivity contribution in [3.05, 3.63) is 51.3 Å². The number of carbonyl (C=O) groups excluding carboxylic acids is 1. The van der Waals surface area contributed by atoms with Crippen LogP contribution >= 0.6 is 27.7 Å². The average molecular weight is 505 g/mol. The summed E-state index contributed by atoms with van der Waals surface area (Å²) in [5, 5.41) is 0.651. The van der Waals surface area contributed by atoms with Crippen LogP contribution in [-0.2, 0) is 4.79 Å². The number of hydrogen-bond acceptors (Lipinski definition) is 6. The van der Waals surface area contributed by atoms with Gasteiger partial charge < -0.3 is 14.2 Å². The predicted octanol–water partition coefficient (Wildman–Crippen LogP) is 5.88. The van der Waals surface area contributed by atoms with Crippen molar-refractivity contribution in [2.75, 3.05) is 26.9 Å². The fraction of sp³-hybridized carbons (Fsp3) is 0.304. The van der Waals surface area contributed by atoms with Crippen LogP contribution in [0.1, 0.15) is 26.3 Å². The van der Waals surface area contributed by atoms with Gasteiger partial charge in [0.2, 0.25) is 0 Å². The highest BCUT2D eigenvalue weighted by Gasteiger charge is 2.32. The fourth-order valence-electron chi connectivity index (χ4n) is 2.99. The quantitative estimate of drug-likeness (QED) is 0.420. The number of ether oxygens (including phenoxy) is 3. The minimum Gasteiger partial charge on any atom is -0.494 e. The number of amidine groups is 1. The number of aliphatic imine (C=N–C) groups is 1. The van der Waals surface area contributed by atoms with Gasteiger partial charge in [-0.2, -0.15) is 0 Å². The molecule has 1 aliphatic rings. The van der Waals surface area contributed by atoms with Crippen molar-refractivity contribution in [3.8, 4) is 17.2 Å². The van der Waals surface area contributed by atoms with Crippen LogP contribution in [-0.4, -0.2) is 42.8 Å². The lowest BCUT2D eigenvalue weighted by Crippen LogP contribution is -2.28. The third-order valence-corrected chi connectivity index (χ3v) is 6.14. The first-order chi connectivity index (χ1) is 15.0. The molecule has 1 saturated heterocycles. The molecule has 1 fully saturated rings. The predicted molar refractivity (Wildman–Crippen MR) is 130 cm³/mol. The first kappa shape index (κ1) is 23.2. The number of nitrogens with zero attached hydrogens (tertiary/aromatic N) is 2. The van der Waals surface area contributed by atoms with Gasteiger partial charge in [-0.1, -0.05) is 15.9 Å². The number of amides is 1. The van der Waals surface area contributed by atoms with E-state index in [2.05, 4.69) is 20.9 Å². The van der Waals surface area contributed by atoms with Crippen molar-refractivity contribution in [1.29, 1.82) is 0 Å². The molecule has 3 rings (SSSR count). The highest BCUT2D eigenvalue weighted by atomic mass is 79.9. The van der Waals surface area contributed by atoms with E-state index in [4.69, 9.17) is 14.2 Å². The largest absolute Gasteiger partial charge is 0.494 e. The summed E-state index contributed by atoms with van der Waals surface area (Å²) in [6, 6.07) is 11.2. The standard InChI is InChI=1S/C23H25BrN2O4S/c1-5-26-22(27)21(13-15-12-20(30-7-3)19(28-4)14-18(15)24)31-23(26)25-16-8-10-17(11-9-16)29-6-2/h8-14H,5-7H2,1-4H3/b21-13-,25-23?. The van der Waals surface area contributed by atoms with Gasteiger partial charge in [-0.15, -0.1) is 0 Å². The molecule has 0 bridgehead atoms. The Morgan fingerprint density at radius 2 is 1.77 bits per heavy atom. The first-order valence-electron chi connectivity index (χ1n) is 10.0. The molecule has 1 amide bonds. The lowest BCUT2D eigenvalue weighted by atomic mass is 10.2. The summed E-state index contributed by atoms with van der Waals surface area (Å²) < 4.78 is 17.3. The number of benzene rings is 2. The molecule has 1 heterocycles. The van der Waals surface area contributed by atoms with Crippen LogP contribution in [0.25, 0.3) is 6.08 Å². The molecular weight excluding hydrogens is 480 g/mol. The van der Waals surface area contributed by atoms with Crippen LogP contribution < -0.4 is 14.2 Å². The van der Waals surface area contributed by atoms with E-state index in [1.165, 1.54) is 11.8 Å². The van der Waals surface area contributed by atoms with Crippen molar-refractivity contribution in [1.82, 2.24) is 4.90 Å². The summed E-state index contributed by atoms with van der Waals surface area (Å²) in [5.74, 6) is 1.99. The van der Waals surface area contributed by atoms with E-state index in [9.17, 15) is 4.79 Å². The van der Waals surface area contributed by atoms with Crippen molar-refractivity contribution in [2.45, 2.75) is 20.8 Å². The maximum atomic E-state index is 13.0. The SMILES string of the molecule is CCOc1ccc(N=C2S/C(=C\c3cc(OCC)c(OC)cc3Br)C(=O)N2CC)cc1. The number of methoxy groups -OCH3 is 1. The van der Waals surface area contributed by atoms with Gasteiger partial charge in [0, 0.05) is 11.0 Å². The lowest BCUT2D eigenvalue weighted by Gasteiger charge is -2.12. The maximum Gasteiger partial charge on any atom is 0.266 e. The Bertz CT molecular complexity index is 1010. The van der Waals surface area contributed by atoms with E-state index < -0.39 is 0 Å². The van der Waals surface area contributed by atoms with Crippen LogP contribution in [0.4, 0.5) is 5.69 Å². The van der Waals surface area contributed by atoms with E-state index in [0.29, 0.717) is 41.3 Å². The Labute approximate surface area is 195 Å². The highest BCUT2D eigenvalue weighted by molar-refractivity contribution is 9.10. The Morgan fingerprint density at radius 3 is 2.39 bits per heavy atom. The zero-order valence-electron chi connectivity index (χ0n) is 18.0. The smallest absolute Gasteiger partial charge is 0.266 e. The summed E-state index contributed by atoms with van der Waals surface area (Å²) in [7, 11) is 1.60. The zero-order valence-corrected chi connectivity index (χ0v) is 20.4. The van der Waals surface area contributed by atoms with E-state index in [0.717, 1.165) is 21.5 Å². The van der Waals surface area contributed by atoms with Gasteiger partial charge >= 0.3 is 0 Å². The second kappa shape index (κ2) is 10.7. The molecule has 0 atom stereocenters. The number of thioether (sulfide) groups is 1. The molecule has 6 nitrogen and oxygen atoms in total. The summed E-state index contributed by atoms with van der Waals surface area (Å²) in [5.41, 5.74) is 1.60. The molecule has 0 saturated carbocycles. The van der Waals surface area contributed by atoms with Crippen LogP contribution in [0.3, 0.4) is 0 Å². The molecule has 164 valence electrons. The van der Waals surface area contributed by atoms with Gasteiger partial charge in [-0.05, 0) is 80.6 Å². The number of halogens is 1. The summed E-state index contributed by atoms with van der Waals surface area (Å²) in [6.07, 6.45) is 1.85. The van der Waals surface area contributed by atoms with Crippen LogP contribution in [0.2, 0.25) is 0 Å². The van der Waals surface area contributed by atoms with Crippen molar-refractivity contribution in [2.24, 2.45) is 4.99 Å². The fourth-order valence-corrected chi connectivity index (χ4v) is 4.48. The minimum absolute atomic E-state index is 0.0714. The van der Waals surface area contributed by atoms with Gasteiger partial charge in [-0.25, -0.2) is 4.99 Å². The van der Waals surface area contributed by atoms with Crippen LogP contribution in [0, 0.1) is 0 Å². The summed E-state index contributed by atoms with van der Waals surface area (Å²) in [6.45, 7) is 7.46.